The number of hydrogen-bond acceptors (Lipinski definition) is 6. The predicted octanol–water partition coefficient (Wildman–Crippen LogP) is 3.99. The third-order valence-electron chi connectivity index (χ3n) is 5.35. The van der Waals surface area contributed by atoms with Crippen molar-refractivity contribution in [1.29, 1.82) is 0 Å². The molecule has 2 N–H and O–H groups in total. The Bertz CT molecular complexity index is 1280. The number of nitrogens with zero attached hydrogens (tertiary/aromatic N) is 1. The van der Waals surface area contributed by atoms with Crippen molar-refractivity contribution >= 4 is 33.8 Å². The molecule has 0 aliphatic heterocycles. The number of benzene rings is 2. The zero-order valence-electron chi connectivity index (χ0n) is 18.4. The molecule has 0 spiro atoms. The van der Waals surface area contributed by atoms with Crippen LogP contribution in [0, 0.1) is 12.8 Å². The second-order valence-corrected chi connectivity index (χ2v) is 9.58. The molecule has 1 fully saturated rings. The Labute approximate surface area is 192 Å². The summed E-state index contributed by atoms with van der Waals surface area (Å²) in [4.78, 5) is 12.2. The van der Waals surface area contributed by atoms with E-state index in [2.05, 4.69) is 15.2 Å². The van der Waals surface area contributed by atoms with Gasteiger partial charge in [0.2, 0.25) is 15.9 Å². The Morgan fingerprint density at radius 1 is 1.15 bits per heavy atom. The van der Waals surface area contributed by atoms with Crippen LogP contribution in [0.1, 0.15) is 35.4 Å². The van der Waals surface area contributed by atoms with Gasteiger partial charge in [-0.1, -0.05) is 41.6 Å². The van der Waals surface area contributed by atoms with E-state index in [1.54, 1.807) is 44.4 Å². The molecule has 1 heterocycles. The van der Waals surface area contributed by atoms with Crippen LogP contribution in [0.5, 0.6) is 5.75 Å². The maximum absolute atomic E-state index is 12.7. The van der Waals surface area contributed by atoms with Crippen molar-refractivity contribution in [3.63, 3.8) is 0 Å². The SMILES string of the molecule is COc1ccccc1CNS(=O)(=O)c1ccc(/C=C\c2onc(C)c2NC(=O)C2CC2)cc1. The molecule has 1 saturated carbocycles. The van der Waals surface area contributed by atoms with Crippen LogP contribution in [0.15, 0.2) is 57.9 Å². The van der Waals surface area contributed by atoms with Gasteiger partial charge in [-0.15, -0.1) is 0 Å². The van der Waals surface area contributed by atoms with Gasteiger partial charge in [0, 0.05) is 18.0 Å². The molecule has 9 heteroatoms. The molecule has 0 saturated heterocycles. The average Bonchev–Trinajstić information content (AvgIpc) is 3.62. The van der Waals surface area contributed by atoms with Gasteiger partial charge in [0.1, 0.15) is 17.1 Å². The summed E-state index contributed by atoms with van der Waals surface area (Å²) in [5, 5.41) is 6.81. The molecule has 1 aromatic heterocycles. The lowest BCUT2D eigenvalue weighted by molar-refractivity contribution is -0.117. The van der Waals surface area contributed by atoms with Crippen molar-refractivity contribution in [2.75, 3.05) is 12.4 Å². The minimum Gasteiger partial charge on any atom is -0.496 e. The lowest BCUT2D eigenvalue weighted by Crippen LogP contribution is -2.23. The van der Waals surface area contributed by atoms with E-state index in [1.165, 1.54) is 12.1 Å². The molecule has 0 radical (unpaired) electrons. The number of anilines is 1. The van der Waals surface area contributed by atoms with E-state index in [4.69, 9.17) is 9.26 Å². The van der Waals surface area contributed by atoms with E-state index < -0.39 is 10.0 Å². The zero-order valence-corrected chi connectivity index (χ0v) is 19.2. The highest BCUT2D eigenvalue weighted by Gasteiger charge is 2.30. The molecule has 4 rings (SSSR count). The Balaban J connectivity index is 1.43. The van der Waals surface area contributed by atoms with Gasteiger partial charge in [0.15, 0.2) is 5.76 Å². The Hall–Kier alpha value is -3.43. The van der Waals surface area contributed by atoms with E-state index in [0.29, 0.717) is 22.9 Å². The minimum atomic E-state index is -3.69. The van der Waals surface area contributed by atoms with E-state index in [-0.39, 0.29) is 23.3 Å². The van der Waals surface area contributed by atoms with Crippen molar-refractivity contribution in [3.8, 4) is 5.75 Å². The lowest BCUT2D eigenvalue weighted by Gasteiger charge is -2.10. The summed E-state index contributed by atoms with van der Waals surface area (Å²) in [6.45, 7) is 1.88. The van der Waals surface area contributed by atoms with Crippen molar-refractivity contribution in [2.24, 2.45) is 5.92 Å². The van der Waals surface area contributed by atoms with E-state index in [9.17, 15) is 13.2 Å². The number of aryl methyl sites for hydroxylation is 1. The van der Waals surface area contributed by atoms with Crippen LogP contribution in [0.3, 0.4) is 0 Å². The first-order valence-electron chi connectivity index (χ1n) is 10.5. The fourth-order valence-electron chi connectivity index (χ4n) is 3.26. The second-order valence-electron chi connectivity index (χ2n) is 7.81. The van der Waals surface area contributed by atoms with Crippen LogP contribution in [-0.2, 0) is 21.4 Å². The van der Waals surface area contributed by atoms with Crippen LogP contribution >= 0.6 is 0 Å². The normalized spacial score (nSPS) is 13.9. The Kier molecular flexibility index (Phi) is 6.62. The zero-order chi connectivity index (χ0) is 23.4. The fraction of sp³-hybridized carbons (Fsp3) is 0.250. The number of hydrogen-bond donors (Lipinski definition) is 2. The lowest BCUT2D eigenvalue weighted by atomic mass is 10.2. The highest BCUT2D eigenvalue weighted by atomic mass is 32.2. The number of para-hydroxylation sites is 1. The van der Waals surface area contributed by atoms with Gasteiger partial charge in [-0.05, 0) is 49.6 Å². The molecule has 0 unspecified atom stereocenters. The minimum absolute atomic E-state index is 0.0221. The topological polar surface area (TPSA) is 111 Å². The third-order valence-corrected chi connectivity index (χ3v) is 6.77. The van der Waals surface area contributed by atoms with Gasteiger partial charge in [-0.25, -0.2) is 13.1 Å². The predicted molar refractivity (Wildman–Crippen MR) is 125 cm³/mol. The quantitative estimate of drug-likeness (QED) is 0.492. The number of amides is 1. The molecule has 8 nitrogen and oxygen atoms in total. The van der Waals surface area contributed by atoms with Crippen LogP contribution in [-0.4, -0.2) is 26.6 Å². The van der Waals surface area contributed by atoms with Gasteiger partial charge in [-0.2, -0.15) is 0 Å². The highest BCUT2D eigenvalue weighted by Crippen LogP contribution is 2.32. The molecule has 1 aliphatic rings. The molecule has 0 atom stereocenters. The monoisotopic (exact) mass is 467 g/mol. The first-order chi connectivity index (χ1) is 15.9. The standard InChI is InChI=1S/C24H25N3O5S/c1-16-23(26-24(28)18-10-11-18)22(32-27-16)14-9-17-7-12-20(13-8-17)33(29,30)25-15-19-5-3-4-6-21(19)31-2/h3-9,12-14,18,25H,10-11,15H2,1-2H3,(H,26,28)/b14-9-. The number of carbonyl (C=O) groups excluding carboxylic acids is 1. The van der Waals surface area contributed by atoms with Gasteiger partial charge in [0.25, 0.3) is 0 Å². The highest BCUT2D eigenvalue weighted by molar-refractivity contribution is 7.89. The number of nitrogens with one attached hydrogen (secondary N) is 2. The van der Waals surface area contributed by atoms with Crippen LogP contribution in [0.2, 0.25) is 0 Å². The number of carbonyl (C=O) groups is 1. The molecule has 2 aromatic carbocycles. The average molecular weight is 468 g/mol. The molecule has 1 aliphatic carbocycles. The van der Waals surface area contributed by atoms with Gasteiger partial charge in [0.05, 0.1) is 12.0 Å². The smallest absolute Gasteiger partial charge is 0.240 e. The number of rotatable bonds is 9. The molecular weight excluding hydrogens is 442 g/mol. The number of aromatic nitrogens is 1. The van der Waals surface area contributed by atoms with Crippen LogP contribution in [0.25, 0.3) is 12.2 Å². The molecule has 3 aromatic rings. The maximum Gasteiger partial charge on any atom is 0.240 e. The van der Waals surface area contributed by atoms with Gasteiger partial charge in [-0.3, -0.25) is 4.79 Å². The first kappa shape index (κ1) is 22.8. The maximum atomic E-state index is 12.7. The van der Waals surface area contributed by atoms with Crippen molar-refractivity contribution in [2.45, 2.75) is 31.2 Å². The van der Waals surface area contributed by atoms with Gasteiger partial charge >= 0.3 is 0 Å². The van der Waals surface area contributed by atoms with Crippen molar-refractivity contribution in [1.82, 2.24) is 9.88 Å². The number of ether oxygens (including phenoxy) is 1. The second kappa shape index (κ2) is 9.60. The van der Waals surface area contributed by atoms with Gasteiger partial charge < -0.3 is 14.6 Å². The van der Waals surface area contributed by atoms with E-state index >= 15 is 0 Å². The first-order valence-corrected chi connectivity index (χ1v) is 12.0. The molecule has 0 bridgehead atoms. The third kappa shape index (κ3) is 5.50. The van der Waals surface area contributed by atoms with Crippen LogP contribution in [0.4, 0.5) is 5.69 Å². The summed E-state index contributed by atoms with van der Waals surface area (Å²) >= 11 is 0. The Morgan fingerprint density at radius 2 is 1.88 bits per heavy atom. The summed E-state index contributed by atoms with van der Waals surface area (Å²) in [7, 11) is -2.15. The molecule has 1 amide bonds. The summed E-state index contributed by atoms with van der Waals surface area (Å²) in [5.41, 5.74) is 2.68. The van der Waals surface area contributed by atoms with Crippen molar-refractivity contribution in [3.05, 3.63) is 71.1 Å². The number of methoxy groups -OCH3 is 1. The largest absolute Gasteiger partial charge is 0.496 e. The molecule has 172 valence electrons. The Morgan fingerprint density at radius 3 is 2.58 bits per heavy atom. The summed E-state index contributed by atoms with van der Waals surface area (Å²) < 4.78 is 38.5. The number of sulfonamides is 1. The molecular formula is C24H25N3O5S. The molecule has 33 heavy (non-hydrogen) atoms. The van der Waals surface area contributed by atoms with E-state index in [0.717, 1.165) is 24.0 Å². The van der Waals surface area contributed by atoms with Crippen molar-refractivity contribution < 1.29 is 22.5 Å². The van der Waals surface area contributed by atoms with Crippen LogP contribution < -0.4 is 14.8 Å². The summed E-state index contributed by atoms with van der Waals surface area (Å²) in [5.74, 6) is 1.11. The summed E-state index contributed by atoms with van der Waals surface area (Å²) in [6.07, 6.45) is 5.28. The van der Waals surface area contributed by atoms with E-state index in [1.807, 2.05) is 18.2 Å². The summed E-state index contributed by atoms with van der Waals surface area (Å²) in [6, 6.07) is 13.7. The fourth-order valence-corrected chi connectivity index (χ4v) is 4.27.